The lowest BCUT2D eigenvalue weighted by molar-refractivity contribution is -0.143. The molecule has 0 aromatic rings. The van der Waals surface area contributed by atoms with E-state index in [1.165, 1.54) is 83.5 Å². The Kier molecular flexibility index (Phi) is 29.5. The molecule has 0 unspecified atom stereocenters. The van der Waals surface area contributed by atoms with Crippen molar-refractivity contribution in [1.29, 1.82) is 0 Å². The van der Waals surface area contributed by atoms with E-state index in [1.54, 1.807) is 0 Å². The van der Waals surface area contributed by atoms with Crippen molar-refractivity contribution in [3.8, 4) is 0 Å². The zero-order valence-corrected chi connectivity index (χ0v) is 23.2. The van der Waals surface area contributed by atoms with Crippen LogP contribution in [0.4, 0.5) is 0 Å². The van der Waals surface area contributed by atoms with Gasteiger partial charge in [-0.1, -0.05) is 127 Å². The standard InChI is InChI=1S/C32H58O3/c1-2-3-4-5-6-7-8-9-10-11-14-17-20-23-26-29-32(34)35-31-28-25-22-19-16-13-12-15-18-21-24-27-30-33/h3-4,6-7,9-10,33H,2,5,8,11-31H2,1H3/b4-3-,7-6-,10-9-. The summed E-state index contributed by atoms with van der Waals surface area (Å²) in [6, 6.07) is 0. The van der Waals surface area contributed by atoms with E-state index in [0.29, 0.717) is 19.6 Å². The molecule has 0 saturated heterocycles. The highest BCUT2D eigenvalue weighted by molar-refractivity contribution is 5.69. The quantitative estimate of drug-likeness (QED) is 0.0708. The fourth-order valence-corrected chi connectivity index (χ4v) is 4.13. The summed E-state index contributed by atoms with van der Waals surface area (Å²) in [6.07, 6.45) is 39.1. The average Bonchev–Trinajstić information content (AvgIpc) is 2.86. The highest BCUT2D eigenvalue weighted by Gasteiger charge is 2.02. The van der Waals surface area contributed by atoms with E-state index in [2.05, 4.69) is 43.4 Å². The normalized spacial score (nSPS) is 11.9. The van der Waals surface area contributed by atoms with Gasteiger partial charge in [-0.05, 0) is 51.4 Å². The number of rotatable bonds is 27. The fourth-order valence-electron chi connectivity index (χ4n) is 4.13. The Morgan fingerprint density at radius 1 is 0.571 bits per heavy atom. The van der Waals surface area contributed by atoms with Gasteiger partial charge < -0.3 is 9.84 Å². The molecule has 0 aliphatic carbocycles. The average molecular weight is 491 g/mol. The molecule has 3 nitrogen and oxygen atoms in total. The molecular formula is C32H58O3. The van der Waals surface area contributed by atoms with E-state index >= 15 is 0 Å². The lowest BCUT2D eigenvalue weighted by Gasteiger charge is -2.05. The number of carbonyl (C=O) groups excluding carboxylic acids is 1. The molecule has 0 bridgehead atoms. The Hall–Kier alpha value is -1.35. The molecule has 204 valence electrons. The van der Waals surface area contributed by atoms with Crippen molar-refractivity contribution in [3.63, 3.8) is 0 Å². The largest absolute Gasteiger partial charge is 0.466 e. The summed E-state index contributed by atoms with van der Waals surface area (Å²) in [5.41, 5.74) is 0. The SMILES string of the molecule is CC/C=C\C/C=C\C/C=C\CCCCCCCC(=O)OCCCCCCCCCCCCCCO. The van der Waals surface area contributed by atoms with Gasteiger partial charge in [0.05, 0.1) is 6.61 Å². The molecule has 0 atom stereocenters. The summed E-state index contributed by atoms with van der Waals surface area (Å²) in [5.74, 6) is -0.00911. The molecule has 35 heavy (non-hydrogen) atoms. The van der Waals surface area contributed by atoms with Crippen LogP contribution in [0, 0.1) is 0 Å². The Morgan fingerprint density at radius 3 is 1.60 bits per heavy atom. The summed E-state index contributed by atoms with van der Waals surface area (Å²) in [4.78, 5) is 11.8. The highest BCUT2D eigenvalue weighted by Crippen LogP contribution is 2.12. The number of aliphatic hydroxyl groups excluding tert-OH is 1. The lowest BCUT2D eigenvalue weighted by Crippen LogP contribution is -2.05. The molecule has 0 aliphatic heterocycles. The van der Waals surface area contributed by atoms with Crippen LogP contribution in [0.5, 0.6) is 0 Å². The number of hydrogen-bond acceptors (Lipinski definition) is 3. The zero-order chi connectivity index (χ0) is 25.5. The predicted molar refractivity (Wildman–Crippen MR) is 153 cm³/mol. The van der Waals surface area contributed by atoms with Crippen molar-refractivity contribution in [3.05, 3.63) is 36.5 Å². The summed E-state index contributed by atoms with van der Waals surface area (Å²) in [5, 5.41) is 8.76. The van der Waals surface area contributed by atoms with Crippen molar-refractivity contribution in [2.45, 2.75) is 148 Å². The maximum atomic E-state index is 11.8. The van der Waals surface area contributed by atoms with Crippen molar-refractivity contribution in [2.75, 3.05) is 13.2 Å². The van der Waals surface area contributed by atoms with Gasteiger partial charge in [0.25, 0.3) is 0 Å². The van der Waals surface area contributed by atoms with Crippen LogP contribution < -0.4 is 0 Å². The fraction of sp³-hybridized carbons (Fsp3) is 0.781. The monoisotopic (exact) mass is 490 g/mol. The van der Waals surface area contributed by atoms with Gasteiger partial charge in [-0.25, -0.2) is 0 Å². The van der Waals surface area contributed by atoms with Gasteiger partial charge in [-0.3, -0.25) is 4.79 Å². The second-order valence-electron chi connectivity index (χ2n) is 9.79. The second kappa shape index (κ2) is 30.7. The van der Waals surface area contributed by atoms with Crippen LogP contribution in [-0.2, 0) is 9.53 Å². The molecule has 0 rings (SSSR count). The molecule has 3 heteroatoms. The maximum absolute atomic E-state index is 11.8. The summed E-state index contributed by atoms with van der Waals surface area (Å²) < 4.78 is 5.39. The summed E-state index contributed by atoms with van der Waals surface area (Å²) >= 11 is 0. The minimum atomic E-state index is -0.00911. The third-order valence-corrected chi connectivity index (χ3v) is 6.35. The van der Waals surface area contributed by atoms with Gasteiger partial charge in [0.2, 0.25) is 0 Å². The van der Waals surface area contributed by atoms with Crippen LogP contribution >= 0.6 is 0 Å². The molecule has 0 aliphatic rings. The molecule has 0 spiro atoms. The Bertz CT molecular complexity index is 507. The Balaban J connectivity index is 3.25. The van der Waals surface area contributed by atoms with E-state index in [4.69, 9.17) is 9.84 Å². The number of esters is 1. The minimum absolute atomic E-state index is 0.00911. The van der Waals surface area contributed by atoms with Gasteiger partial charge in [0, 0.05) is 13.0 Å². The lowest BCUT2D eigenvalue weighted by atomic mass is 10.1. The minimum Gasteiger partial charge on any atom is -0.466 e. The molecule has 0 aromatic carbocycles. The maximum Gasteiger partial charge on any atom is 0.305 e. The van der Waals surface area contributed by atoms with Gasteiger partial charge in [-0.2, -0.15) is 0 Å². The Morgan fingerprint density at radius 2 is 1.03 bits per heavy atom. The van der Waals surface area contributed by atoms with E-state index in [0.717, 1.165) is 51.4 Å². The van der Waals surface area contributed by atoms with Gasteiger partial charge in [0.1, 0.15) is 0 Å². The van der Waals surface area contributed by atoms with Gasteiger partial charge >= 0.3 is 5.97 Å². The predicted octanol–water partition coefficient (Wildman–Crippen LogP) is 9.79. The van der Waals surface area contributed by atoms with E-state index in [1.807, 2.05) is 0 Å². The Labute approximate surface area is 218 Å². The topological polar surface area (TPSA) is 46.5 Å². The molecule has 0 radical (unpaired) electrons. The number of unbranched alkanes of at least 4 members (excludes halogenated alkanes) is 16. The van der Waals surface area contributed by atoms with Crippen LogP contribution in [-0.4, -0.2) is 24.3 Å². The molecular weight excluding hydrogens is 432 g/mol. The first-order valence-electron chi connectivity index (χ1n) is 15.0. The number of allylic oxidation sites excluding steroid dienone is 6. The smallest absolute Gasteiger partial charge is 0.305 e. The first-order valence-corrected chi connectivity index (χ1v) is 15.0. The van der Waals surface area contributed by atoms with Crippen molar-refractivity contribution in [1.82, 2.24) is 0 Å². The molecule has 0 heterocycles. The third-order valence-electron chi connectivity index (χ3n) is 6.35. The third kappa shape index (κ3) is 30.6. The highest BCUT2D eigenvalue weighted by atomic mass is 16.5. The molecule has 0 amide bonds. The first-order chi connectivity index (χ1) is 17.3. The van der Waals surface area contributed by atoms with E-state index in [9.17, 15) is 4.79 Å². The van der Waals surface area contributed by atoms with Gasteiger partial charge in [0.15, 0.2) is 0 Å². The summed E-state index contributed by atoms with van der Waals surface area (Å²) in [7, 11) is 0. The van der Waals surface area contributed by atoms with Crippen LogP contribution in [0.1, 0.15) is 148 Å². The first kappa shape index (κ1) is 33.7. The molecule has 1 N–H and O–H groups in total. The number of aliphatic hydroxyl groups is 1. The molecule has 0 aromatic heterocycles. The van der Waals surface area contributed by atoms with Crippen molar-refractivity contribution in [2.24, 2.45) is 0 Å². The zero-order valence-electron chi connectivity index (χ0n) is 23.2. The van der Waals surface area contributed by atoms with E-state index < -0.39 is 0 Å². The summed E-state index contributed by atoms with van der Waals surface area (Å²) in [6.45, 7) is 3.10. The number of hydrogen-bond donors (Lipinski definition) is 1. The molecule has 0 fully saturated rings. The molecule has 0 saturated carbocycles. The van der Waals surface area contributed by atoms with Crippen LogP contribution in [0.15, 0.2) is 36.5 Å². The van der Waals surface area contributed by atoms with Crippen LogP contribution in [0.25, 0.3) is 0 Å². The van der Waals surface area contributed by atoms with Crippen molar-refractivity contribution >= 4 is 5.97 Å². The van der Waals surface area contributed by atoms with Gasteiger partial charge in [-0.15, -0.1) is 0 Å². The van der Waals surface area contributed by atoms with Crippen LogP contribution in [0.2, 0.25) is 0 Å². The number of carbonyl (C=O) groups is 1. The van der Waals surface area contributed by atoms with Crippen LogP contribution in [0.3, 0.4) is 0 Å². The van der Waals surface area contributed by atoms with E-state index in [-0.39, 0.29) is 5.97 Å². The number of ether oxygens (including phenoxy) is 1. The second-order valence-corrected chi connectivity index (χ2v) is 9.79. The van der Waals surface area contributed by atoms with Crippen molar-refractivity contribution < 1.29 is 14.6 Å².